The minimum atomic E-state index is -0.189. The van der Waals surface area contributed by atoms with Crippen LogP contribution >= 0.6 is 0 Å². The molecule has 2 rings (SSSR count). The van der Waals surface area contributed by atoms with E-state index in [0.29, 0.717) is 24.9 Å². The topological polar surface area (TPSA) is 52.7 Å². The highest BCUT2D eigenvalue weighted by Crippen LogP contribution is 2.43. The Kier molecular flexibility index (Phi) is 2.09. The summed E-state index contributed by atoms with van der Waals surface area (Å²) in [6.45, 7) is 2.88. The van der Waals surface area contributed by atoms with Gasteiger partial charge in [0.2, 0.25) is 5.91 Å². The van der Waals surface area contributed by atoms with Gasteiger partial charge >= 0.3 is 6.03 Å². The van der Waals surface area contributed by atoms with E-state index in [0.717, 1.165) is 6.42 Å². The molecule has 2 atom stereocenters. The molecule has 14 heavy (non-hydrogen) atoms. The fourth-order valence-corrected chi connectivity index (χ4v) is 2.02. The third kappa shape index (κ3) is 1.42. The van der Waals surface area contributed by atoms with Gasteiger partial charge in [-0.25, -0.2) is 9.80 Å². The Bertz CT molecular complexity index is 279. The molecule has 5 heteroatoms. The van der Waals surface area contributed by atoms with Gasteiger partial charge in [-0.1, -0.05) is 0 Å². The molecule has 1 saturated carbocycles. The molecule has 1 heterocycles. The van der Waals surface area contributed by atoms with Crippen LogP contribution in [0.15, 0.2) is 0 Å². The predicted molar refractivity (Wildman–Crippen MR) is 50.1 cm³/mol. The number of nitrogens with zero attached hydrogens (tertiary/aromatic N) is 2. The summed E-state index contributed by atoms with van der Waals surface area (Å²) in [6, 6.07) is -0.189. The lowest BCUT2D eigenvalue weighted by molar-refractivity contribution is -0.144. The van der Waals surface area contributed by atoms with Gasteiger partial charge in [0.15, 0.2) is 0 Å². The maximum Gasteiger partial charge on any atom is 0.336 e. The minimum absolute atomic E-state index is 0.0565. The molecule has 0 radical (unpaired) electrons. The molecule has 0 spiro atoms. The summed E-state index contributed by atoms with van der Waals surface area (Å²) in [6.07, 6.45) is 1.15. The van der Waals surface area contributed by atoms with Crippen molar-refractivity contribution in [2.45, 2.75) is 13.3 Å². The molecule has 2 unspecified atom stereocenters. The van der Waals surface area contributed by atoms with E-state index in [1.807, 2.05) is 0 Å². The highest BCUT2D eigenvalue weighted by atomic mass is 16.2. The minimum Gasteiger partial charge on any atom is -0.340 e. The Hall–Kier alpha value is -1.26. The van der Waals surface area contributed by atoms with E-state index >= 15 is 0 Å². The van der Waals surface area contributed by atoms with E-state index in [2.05, 4.69) is 5.32 Å². The fraction of sp³-hybridized carbons (Fsp3) is 0.778. The van der Waals surface area contributed by atoms with Crippen LogP contribution < -0.4 is 5.32 Å². The van der Waals surface area contributed by atoms with Gasteiger partial charge in [0.1, 0.15) is 0 Å². The first-order valence-electron chi connectivity index (χ1n) is 4.90. The standard InChI is InChI=1S/C9H15N3O2/c1-6(13)11-4-7-3-8(7)5-12(11)9(14)10-2/h7-8H,3-5H2,1-2H3,(H,10,14). The Morgan fingerprint density at radius 3 is 2.29 bits per heavy atom. The molecule has 78 valence electrons. The van der Waals surface area contributed by atoms with Crippen molar-refractivity contribution in [1.82, 2.24) is 15.3 Å². The van der Waals surface area contributed by atoms with E-state index in [1.165, 1.54) is 11.9 Å². The zero-order valence-corrected chi connectivity index (χ0v) is 8.49. The Labute approximate surface area is 83.0 Å². The van der Waals surface area contributed by atoms with Crippen molar-refractivity contribution in [2.75, 3.05) is 20.1 Å². The van der Waals surface area contributed by atoms with E-state index < -0.39 is 0 Å². The maximum atomic E-state index is 11.5. The van der Waals surface area contributed by atoms with Gasteiger partial charge in [-0.3, -0.25) is 9.80 Å². The first-order chi connectivity index (χ1) is 6.63. The molecule has 2 aliphatic rings. The number of nitrogens with one attached hydrogen (secondary N) is 1. The normalized spacial score (nSPS) is 29.6. The van der Waals surface area contributed by atoms with Crippen molar-refractivity contribution in [3.05, 3.63) is 0 Å². The van der Waals surface area contributed by atoms with Crippen molar-refractivity contribution in [1.29, 1.82) is 0 Å². The average molecular weight is 197 g/mol. The summed E-state index contributed by atoms with van der Waals surface area (Å²) in [5.74, 6) is 1.18. The molecular formula is C9H15N3O2. The number of amides is 3. The van der Waals surface area contributed by atoms with E-state index in [4.69, 9.17) is 0 Å². The van der Waals surface area contributed by atoms with Crippen LogP contribution in [-0.2, 0) is 4.79 Å². The number of carbonyl (C=O) groups excluding carboxylic acids is 2. The Balaban J connectivity index is 2.10. The Morgan fingerprint density at radius 1 is 1.21 bits per heavy atom. The van der Waals surface area contributed by atoms with Crippen molar-refractivity contribution in [2.24, 2.45) is 11.8 Å². The van der Waals surface area contributed by atoms with Crippen molar-refractivity contribution >= 4 is 11.9 Å². The lowest BCUT2D eigenvalue weighted by Gasteiger charge is -2.37. The second-order valence-electron chi connectivity index (χ2n) is 3.99. The molecule has 1 N–H and O–H groups in total. The van der Waals surface area contributed by atoms with Gasteiger partial charge in [0.25, 0.3) is 0 Å². The summed E-state index contributed by atoms with van der Waals surface area (Å²) >= 11 is 0. The summed E-state index contributed by atoms with van der Waals surface area (Å²) < 4.78 is 0. The molecule has 3 amide bonds. The summed E-state index contributed by atoms with van der Waals surface area (Å²) in [7, 11) is 1.58. The monoisotopic (exact) mass is 197 g/mol. The SMILES string of the molecule is CNC(=O)N1CC2CC2CN1C(C)=O. The highest BCUT2D eigenvalue weighted by Gasteiger charge is 2.47. The van der Waals surface area contributed by atoms with Crippen LogP contribution in [0.2, 0.25) is 0 Å². The lowest BCUT2D eigenvalue weighted by Crippen LogP contribution is -2.55. The molecule has 0 aromatic carbocycles. The van der Waals surface area contributed by atoms with Gasteiger partial charge in [-0.15, -0.1) is 0 Å². The third-order valence-corrected chi connectivity index (χ3v) is 2.99. The van der Waals surface area contributed by atoms with Gasteiger partial charge in [0, 0.05) is 27.1 Å². The van der Waals surface area contributed by atoms with E-state index in [1.54, 1.807) is 12.1 Å². The first-order valence-corrected chi connectivity index (χ1v) is 4.90. The average Bonchev–Trinajstić information content (AvgIpc) is 2.92. The van der Waals surface area contributed by atoms with Crippen LogP contribution in [0.3, 0.4) is 0 Å². The molecular weight excluding hydrogens is 182 g/mol. The second-order valence-corrected chi connectivity index (χ2v) is 3.99. The molecule has 1 saturated heterocycles. The Morgan fingerprint density at radius 2 is 1.79 bits per heavy atom. The van der Waals surface area contributed by atoms with Gasteiger partial charge < -0.3 is 5.32 Å². The molecule has 0 aromatic heterocycles. The van der Waals surface area contributed by atoms with Gasteiger partial charge in [-0.2, -0.15) is 0 Å². The van der Waals surface area contributed by atoms with Crippen LogP contribution in [0.25, 0.3) is 0 Å². The number of rotatable bonds is 0. The number of fused-ring (bicyclic) bond motifs is 1. The zero-order chi connectivity index (χ0) is 10.3. The molecule has 0 bridgehead atoms. The third-order valence-electron chi connectivity index (χ3n) is 2.99. The smallest absolute Gasteiger partial charge is 0.336 e. The van der Waals surface area contributed by atoms with Crippen molar-refractivity contribution in [3.63, 3.8) is 0 Å². The lowest BCUT2D eigenvalue weighted by atomic mass is 10.2. The van der Waals surface area contributed by atoms with E-state index in [-0.39, 0.29) is 11.9 Å². The number of hydrogen-bond donors (Lipinski definition) is 1. The first kappa shape index (κ1) is 9.30. The summed E-state index contributed by atoms with van der Waals surface area (Å²) in [5, 5.41) is 5.62. The van der Waals surface area contributed by atoms with Gasteiger partial charge in [0.05, 0.1) is 0 Å². The number of urea groups is 1. The van der Waals surface area contributed by atoms with Gasteiger partial charge in [-0.05, 0) is 18.3 Å². The van der Waals surface area contributed by atoms with Crippen molar-refractivity contribution < 1.29 is 9.59 Å². The molecule has 1 aliphatic carbocycles. The van der Waals surface area contributed by atoms with Crippen LogP contribution in [0, 0.1) is 11.8 Å². The number of hydrazine groups is 1. The fourth-order valence-electron chi connectivity index (χ4n) is 2.02. The number of carbonyl (C=O) groups is 2. The highest BCUT2D eigenvalue weighted by molar-refractivity contribution is 5.80. The van der Waals surface area contributed by atoms with Crippen LogP contribution in [0.1, 0.15) is 13.3 Å². The summed E-state index contributed by atoms with van der Waals surface area (Å²) in [5.41, 5.74) is 0. The quantitative estimate of drug-likeness (QED) is 0.596. The molecule has 0 aromatic rings. The molecule has 2 fully saturated rings. The van der Waals surface area contributed by atoms with Crippen molar-refractivity contribution in [3.8, 4) is 0 Å². The molecule has 1 aliphatic heterocycles. The maximum absolute atomic E-state index is 11.5. The predicted octanol–water partition coefficient (Wildman–Crippen LogP) is 0.0410. The van der Waals surface area contributed by atoms with Crippen LogP contribution in [0.5, 0.6) is 0 Å². The van der Waals surface area contributed by atoms with Crippen LogP contribution in [-0.4, -0.2) is 42.1 Å². The zero-order valence-electron chi connectivity index (χ0n) is 8.49. The van der Waals surface area contributed by atoms with E-state index in [9.17, 15) is 9.59 Å². The summed E-state index contributed by atoms with van der Waals surface area (Å²) in [4.78, 5) is 22.8. The second kappa shape index (κ2) is 3.15. The largest absolute Gasteiger partial charge is 0.340 e. The van der Waals surface area contributed by atoms with Crippen LogP contribution in [0.4, 0.5) is 4.79 Å². The molecule has 5 nitrogen and oxygen atoms in total. The number of hydrogen-bond acceptors (Lipinski definition) is 2.